The molecule has 1 aliphatic rings. The Morgan fingerprint density at radius 3 is 2.78 bits per heavy atom. The first kappa shape index (κ1) is 15.2. The number of rotatable bonds is 5. The second kappa shape index (κ2) is 6.38. The predicted molar refractivity (Wildman–Crippen MR) is 60.1 cm³/mol. The van der Waals surface area contributed by atoms with Crippen LogP contribution in [0.4, 0.5) is 13.2 Å². The molecule has 4 nitrogen and oxygen atoms in total. The number of amides is 1. The zero-order chi connectivity index (χ0) is 13.6. The highest BCUT2D eigenvalue weighted by Gasteiger charge is 2.34. The molecule has 7 heteroatoms. The smallest absolute Gasteiger partial charge is 0.370 e. The molecule has 1 amide bonds. The number of carbonyl (C=O) groups is 1. The van der Waals surface area contributed by atoms with E-state index in [1.807, 2.05) is 6.92 Å². The number of carbonyl (C=O) groups excluding carboxylic acids is 1. The molecule has 2 N–H and O–H groups in total. The van der Waals surface area contributed by atoms with Gasteiger partial charge in [0.25, 0.3) is 0 Å². The van der Waals surface area contributed by atoms with Crippen molar-refractivity contribution in [3.63, 3.8) is 0 Å². The third kappa shape index (κ3) is 5.22. The maximum absolute atomic E-state index is 11.9. The lowest BCUT2D eigenvalue weighted by atomic mass is 9.82. The van der Waals surface area contributed by atoms with E-state index < -0.39 is 18.2 Å². The summed E-state index contributed by atoms with van der Waals surface area (Å²) in [5.41, 5.74) is -0.470. The van der Waals surface area contributed by atoms with Crippen LogP contribution < -0.4 is 10.6 Å². The summed E-state index contributed by atoms with van der Waals surface area (Å²) in [6, 6.07) is 0. The van der Waals surface area contributed by atoms with Crippen LogP contribution in [-0.2, 0) is 9.53 Å². The summed E-state index contributed by atoms with van der Waals surface area (Å²) in [7, 11) is 0. The number of ether oxygens (including phenoxy) is 1. The summed E-state index contributed by atoms with van der Waals surface area (Å²) >= 11 is 0. The third-order valence-corrected chi connectivity index (χ3v) is 2.94. The molecule has 1 atom stereocenters. The Labute approximate surface area is 104 Å². The van der Waals surface area contributed by atoms with Crippen LogP contribution in [0.5, 0.6) is 0 Å². The van der Waals surface area contributed by atoms with E-state index in [4.69, 9.17) is 0 Å². The SMILES string of the molecule is CC1(C(=O)NCCOCC(F)(F)F)CCCNC1. The molecule has 0 radical (unpaired) electrons. The van der Waals surface area contributed by atoms with Crippen LogP contribution in [-0.4, -0.2) is 44.9 Å². The van der Waals surface area contributed by atoms with Crippen LogP contribution in [0.15, 0.2) is 0 Å². The molecule has 0 spiro atoms. The summed E-state index contributed by atoms with van der Waals surface area (Å²) in [4.78, 5) is 11.9. The molecule has 1 heterocycles. The van der Waals surface area contributed by atoms with Gasteiger partial charge in [0.15, 0.2) is 0 Å². The van der Waals surface area contributed by atoms with Gasteiger partial charge in [-0.25, -0.2) is 0 Å². The topological polar surface area (TPSA) is 50.4 Å². The van der Waals surface area contributed by atoms with E-state index in [-0.39, 0.29) is 19.1 Å². The van der Waals surface area contributed by atoms with E-state index in [0.717, 1.165) is 19.4 Å². The van der Waals surface area contributed by atoms with Gasteiger partial charge in [-0.3, -0.25) is 4.79 Å². The second-order valence-electron chi connectivity index (χ2n) is 4.76. The number of nitrogens with one attached hydrogen (secondary N) is 2. The molecule has 0 aromatic heterocycles. The lowest BCUT2D eigenvalue weighted by Crippen LogP contribution is -2.49. The predicted octanol–water partition coefficient (Wildman–Crippen LogP) is 1.07. The van der Waals surface area contributed by atoms with Gasteiger partial charge in [0.1, 0.15) is 6.61 Å². The Bertz CT molecular complexity index is 276. The fourth-order valence-corrected chi connectivity index (χ4v) is 1.89. The van der Waals surface area contributed by atoms with E-state index >= 15 is 0 Å². The molecular formula is C11H19F3N2O2. The molecule has 1 fully saturated rings. The number of hydrogen-bond acceptors (Lipinski definition) is 3. The van der Waals surface area contributed by atoms with Crippen molar-refractivity contribution in [2.45, 2.75) is 25.9 Å². The Morgan fingerprint density at radius 1 is 1.50 bits per heavy atom. The number of hydrogen-bond donors (Lipinski definition) is 2. The van der Waals surface area contributed by atoms with Crippen molar-refractivity contribution < 1.29 is 22.7 Å². The Morgan fingerprint density at radius 2 is 2.22 bits per heavy atom. The molecule has 0 aromatic rings. The van der Waals surface area contributed by atoms with E-state index in [1.165, 1.54) is 0 Å². The molecule has 0 bridgehead atoms. The zero-order valence-electron chi connectivity index (χ0n) is 10.4. The molecule has 106 valence electrons. The van der Waals surface area contributed by atoms with Gasteiger partial charge >= 0.3 is 6.18 Å². The maximum Gasteiger partial charge on any atom is 0.411 e. The van der Waals surface area contributed by atoms with Crippen molar-refractivity contribution in [1.29, 1.82) is 0 Å². The van der Waals surface area contributed by atoms with E-state index in [2.05, 4.69) is 15.4 Å². The zero-order valence-corrected chi connectivity index (χ0v) is 10.4. The van der Waals surface area contributed by atoms with Crippen molar-refractivity contribution in [2.24, 2.45) is 5.41 Å². The minimum atomic E-state index is -4.32. The van der Waals surface area contributed by atoms with Crippen LogP contribution in [0.2, 0.25) is 0 Å². The monoisotopic (exact) mass is 268 g/mol. The summed E-state index contributed by atoms with van der Waals surface area (Å²) in [6.07, 6.45) is -2.60. The normalized spacial score (nSPS) is 24.9. The molecule has 1 aliphatic heterocycles. The quantitative estimate of drug-likeness (QED) is 0.733. The van der Waals surface area contributed by atoms with Crippen molar-refractivity contribution in [3.05, 3.63) is 0 Å². The molecule has 1 saturated heterocycles. The van der Waals surface area contributed by atoms with Gasteiger partial charge in [-0.05, 0) is 26.3 Å². The average molecular weight is 268 g/mol. The van der Waals surface area contributed by atoms with Gasteiger partial charge < -0.3 is 15.4 Å². The van der Waals surface area contributed by atoms with Crippen molar-refractivity contribution in [2.75, 3.05) is 32.8 Å². The first-order valence-corrected chi connectivity index (χ1v) is 5.97. The summed E-state index contributed by atoms with van der Waals surface area (Å²) in [5.74, 6) is -0.134. The minimum Gasteiger partial charge on any atom is -0.370 e. The van der Waals surface area contributed by atoms with Crippen LogP contribution in [0, 0.1) is 5.41 Å². The second-order valence-corrected chi connectivity index (χ2v) is 4.76. The first-order chi connectivity index (χ1) is 8.33. The van der Waals surface area contributed by atoms with Gasteiger partial charge in [-0.1, -0.05) is 0 Å². The van der Waals surface area contributed by atoms with Gasteiger partial charge in [-0.2, -0.15) is 13.2 Å². The van der Waals surface area contributed by atoms with Gasteiger partial charge in [0.2, 0.25) is 5.91 Å². The van der Waals surface area contributed by atoms with Crippen molar-refractivity contribution in [1.82, 2.24) is 10.6 Å². The molecule has 0 aromatic carbocycles. The Hall–Kier alpha value is -0.820. The third-order valence-electron chi connectivity index (χ3n) is 2.94. The number of piperidine rings is 1. The molecule has 0 saturated carbocycles. The molecule has 0 aliphatic carbocycles. The van der Waals surface area contributed by atoms with Gasteiger partial charge in [0, 0.05) is 13.1 Å². The van der Waals surface area contributed by atoms with E-state index in [9.17, 15) is 18.0 Å². The summed E-state index contributed by atoms with van der Waals surface area (Å²) in [6.45, 7) is 2.05. The molecule has 1 unspecified atom stereocenters. The van der Waals surface area contributed by atoms with Gasteiger partial charge in [0.05, 0.1) is 12.0 Å². The number of halogens is 3. The van der Waals surface area contributed by atoms with Gasteiger partial charge in [-0.15, -0.1) is 0 Å². The Balaban J connectivity index is 2.17. The highest BCUT2D eigenvalue weighted by atomic mass is 19.4. The van der Waals surface area contributed by atoms with E-state index in [1.54, 1.807) is 0 Å². The lowest BCUT2D eigenvalue weighted by Gasteiger charge is -2.32. The highest BCUT2D eigenvalue weighted by molar-refractivity contribution is 5.82. The van der Waals surface area contributed by atoms with Crippen molar-refractivity contribution >= 4 is 5.91 Å². The largest absolute Gasteiger partial charge is 0.411 e. The molecule has 1 rings (SSSR count). The minimum absolute atomic E-state index is 0.102. The maximum atomic E-state index is 11.9. The molecule has 18 heavy (non-hydrogen) atoms. The van der Waals surface area contributed by atoms with Crippen LogP contribution in [0.3, 0.4) is 0 Å². The fourth-order valence-electron chi connectivity index (χ4n) is 1.89. The van der Waals surface area contributed by atoms with Crippen molar-refractivity contribution in [3.8, 4) is 0 Å². The van der Waals surface area contributed by atoms with Crippen LogP contribution in [0.1, 0.15) is 19.8 Å². The molecular weight excluding hydrogens is 249 g/mol. The summed E-state index contributed by atoms with van der Waals surface area (Å²) < 4.78 is 39.7. The average Bonchev–Trinajstić information content (AvgIpc) is 2.27. The standard InChI is InChI=1S/C11H19F3N2O2/c1-10(3-2-4-15-7-10)9(17)16-5-6-18-8-11(12,13)14/h15H,2-8H2,1H3,(H,16,17). The van der Waals surface area contributed by atoms with E-state index in [0.29, 0.717) is 6.54 Å². The fraction of sp³-hybridized carbons (Fsp3) is 0.909. The lowest BCUT2D eigenvalue weighted by molar-refractivity contribution is -0.173. The van der Waals surface area contributed by atoms with Crippen LogP contribution >= 0.6 is 0 Å². The highest BCUT2D eigenvalue weighted by Crippen LogP contribution is 2.25. The van der Waals surface area contributed by atoms with Crippen LogP contribution in [0.25, 0.3) is 0 Å². The summed E-state index contributed by atoms with van der Waals surface area (Å²) in [5, 5.41) is 5.74. The Kier molecular flexibility index (Phi) is 5.40. The number of alkyl halides is 3. The first-order valence-electron chi connectivity index (χ1n) is 5.97.